The summed E-state index contributed by atoms with van der Waals surface area (Å²) in [4.78, 5) is 0. The molecule has 0 unspecified atom stereocenters. The van der Waals surface area contributed by atoms with Gasteiger partial charge in [-0.15, -0.1) is 0 Å². The number of hydrogen-bond acceptors (Lipinski definition) is 0. The number of hydrogen-bond donors (Lipinski definition) is 0. The summed E-state index contributed by atoms with van der Waals surface area (Å²) in [5, 5.41) is 0. The van der Waals surface area contributed by atoms with E-state index in [2.05, 4.69) is 53.6 Å². The highest BCUT2D eigenvalue weighted by Gasteiger charge is 2.04. The average Bonchev–Trinajstić information content (AvgIpc) is 2.21. The van der Waals surface area contributed by atoms with E-state index in [1.807, 2.05) is 0 Å². The SMILES string of the molecule is CBC(=C(C)C)/C(=C\C=C(C)C)CCCC. The molecular weight excluding hydrogens is 191 g/mol. The van der Waals surface area contributed by atoms with Crippen LogP contribution in [0.4, 0.5) is 0 Å². The van der Waals surface area contributed by atoms with Gasteiger partial charge in [0.05, 0.1) is 0 Å². The standard InChI is InChI=1S/C15H27B/c1-7-8-9-14(11-10-12(2)3)15(16-6)13(4)5/h10-11,16H,7-9H2,1-6H3/b14-11-. The Hall–Kier alpha value is -0.715. The predicted molar refractivity (Wildman–Crippen MR) is 78.4 cm³/mol. The maximum atomic E-state index is 2.32. The van der Waals surface area contributed by atoms with Crippen molar-refractivity contribution >= 4 is 7.28 Å². The van der Waals surface area contributed by atoms with Crippen LogP contribution in [0.15, 0.2) is 34.3 Å². The maximum Gasteiger partial charge on any atom is 0.154 e. The first-order valence-electron chi connectivity index (χ1n) is 6.53. The lowest BCUT2D eigenvalue weighted by Gasteiger charge is -2.12. The third-order valence-corrected chi connectivity index (χ3v) is 2.76. The zero-order valence-corrected chi connectivity index (χ0v) is 12.0. The minimum atomic E-state index is 1.15. The molecule has 90 valence electrons. The van der Waals surface area contributed by atoms with Crippen LogP contribution in [0.2, 0.25) is 6.82 Å². The van der Waals surface area contributed by atoms with Crippen molar-refractivity contribution in [1.29, 1.82) is 0 Å². The fraction of sp³-hybridized carbons (Fsp3) is 0.600. The van der Waals surface area contributed by atoms with Crippen molar-refractivity contribution in [3.05, 3.63) is 34.3 Å². The molecule has 0 rings (SSSR count). The van der Waals surface area contributed by atoms with E-state index in [0.29, 0.717) is 0 Å². The van der Waals surface area contributed by atoms with Gasteiger partial charge < -0.3 is 0 Å². The second-order valence-electron chi connectivity index (χ2n) is 4.87. The molecule has 1 heteroatoms. The van der Waals surface area contributed by atoms with E-state index in [9.17, 15) is 0 Å². The Morgan fingerprint density at radius 1 is 1.06 bits per heavy atom. The first kappa shape index (κ1) is 15.3. The molecule has 0 radical (unpaired) electrons. The lowest BCUT2D eigenvalue weighted by atomic mass is 9.66. The summed E-state index contributed by atoms with van der Waals surface area (Å²) in [5.41, 5.74) is 5.92. The molecule has 0 saturated carbocycles. The van der Waals surface area contributed by atoms with E-state index in [1.54, 1.807) is 5.47 Å². The lowest BCUT2D eigenvalue weighted by molar-refractivity contribution is 0.794. The van der Waals surface area contributed by atoms with Gasteiger partial charge in [-0.3, -0.25) is 0 Å². The van der Waals surface area contributed by atoms with Gasteiger partial charge in [0.2, 0.25) is 0 Å². The van der Waals surface area contributed by atoms with Crippen molar-refractivity contribution in [2.24, 2.45) is 0 Å². The average molecular weight is 218 g/mol. The highest BCUT2D eigenvalue weighted by atomic mass is 14.0. The van der Waals surface area contributed by atoms with Gasteiger partial charge in [0.1, 0.15) is 0 Å². The number of allylic oxidation sites excluding steroid dienone is 6. The topological polar surface area (TPSA) is 0 Å². The Bertz CT molecular complexity index is 285. The Kier molecular flexibility index (Phi) is 8.06. The maximum absolute atomic E-state index is 2.32. The van der Waals surface area contributed by atoms with E-state index in [4.69, 9.17) is 0 Å². The Morgan fingerprint density at radius 2 is 1.69 bits per heavy atom. The summed E-state index contributed by atoms with van der Waals surface area (Å²) in [6.45, 7) is 13.3. The molecule has 0 aromatic heterocycles. The smallest absolute Gasteiger partial charge is 0.0849 e. The number of rotatable bonds is 6. The molecule has 0 amide bonds. The summed E-state index contributed by atoms with van der Waals surface area (Å²) < 4.78 is 0. The number of unbranched alkanes of at least 4 members (excludes halogenated alkanes) is 1. The molecule has 0 N–H and O–H groups in total. The minimum Gasteiger partial charge on any atom is -0.0849 e. The molecule has 0 heterocycles. The van der Waals surface area contributed by atoms with Gasteiger partial charge in [0.15, 0.2) is 7.28 Å². The van der Waals surface area contributed by atoms with Crippen LogP contribution < -0.4 is 0 Å². The molecule has 0 aliphatic carbocycles. The summed E-state index contributed by atoms with van der Waals surface area (Å²) in [5.74, 6) is 0. The van der Waals surface area contributed by atoms with Gasteiger partial charge in [-0.25, -0.2) is 0 Å². The first-order chi connectivity index (χ1) is 7.52. The first-order valence-corrected chi connectivity index (χ1v) is 6.53. The van der Waals surface area contributed by atoms with E-state index in [1.165, 1.54) is 36.0 Å². The second-order valence-corrected chi connectivity index (χ2v) is 4.87. The highest BCUT2D eigenvalue weighted by molar-refractivity contribution is 6.45. The van der Waals surface area contributed by atoms with Crippen LogP contribution in [-0.4, -0.2) is 7.28 Å². The molecule has 0 spiro atoms. The van der Waals surface area contributed by atoms with Crippen molar-refractivity contribution < 1.29 is 0 Å². The van der Waals surface area contributed by atoms with Gasteiger partial charge in [-0.1, -0.05) is 54.5 Å². The summed E-state index contributed by atoms with van der Waals surface area (Å²) >= 11 is 0. The van der Waals surface area contributed by atoms with Crippen molar-refractivity contribution in [3.8, 4) is 0 Å². The van der Waals surface area contributed by atoms with Gasteiger partial charge in [0, 0.05) is 0 Å². The summed E-state index contributed by atoms with van der Waals surface area (Å²) in [6, 6.07) is 0. The summed E-state index contributed by atoms with van der Waals surface area (Å²) in [7, 11) is 1.15. The lowest BCUT2D eigenvalue weighted by Crippen LogP contribution is -1.99. The van der Waals surface area contributed by atoms with E-state index in [0.717, 1.165) is 7.28 Å². The Balaban J connectivity index is 5.00. The van der Waals surface area contributed by atoms with Crippen LogP contribution in [0, 0.1) is 0 Å². The van der Waals surface area contributed by atoms with E-state index in [-0.39, 0.29) is 0 Å². The molecule has 0 bridgehead atoms. The van der Waals surface area contributed by atoms with Gasteiger partial charge >= 0.3 is 0 Å². The third kappa shape index (κ3) is 6.00. The normalized spacial score (nSPS) is 11.0. The van der Waals surface area contributed by atoms with E-state index < -0.39 is 0 Å². The molecule has 16 heavy (non-hydrogen) atoms. The molecule has 0 aliphatic heterocycles. The zero-order chi connectivity index (χ0) is 12.6. The quantitative estimate of drug-likeness (QED) is 0.441. The van der Waals surface area contributed by atoms with Crippen LogP contribution in [0.25, 0.3) is 0 Å². The van der Waals surface area contributed by atoms with Gasteiger partial charge in [-0.2, -0.15) is 0 Å². The largest absolute Gasteiger partial charge is 0.154 e. The molecule has 0 atom stereocenters. The van der Waals surface area contributed by atoms with Crippen LogP contribution in [-0.2, 0) is 0 Å². The zero-order valence-electron chi connectivity index (χ0n) is 12.0. The van der Waals surface area contributed by atoms with Crippen molar-refractivity contribution in [2.45, 2.75) is 60.7 Å². The molecular formula is C15H27B. The van der Waals surface area contributed by atoms with Crippen molar-refractivity contribution in [1.82, 2.24) is 0 Å². The van der Waals surface area contributed by atoms with Gasteiger partial charge in [-0.05, 0) is 40.5 Å². The van der Waals surface area contributed by atoms with E-state index >= 15 is 0 Å². The molecule has 0 fully saturated rings. The monoisotopic (exact) mass is 218 g/mol. The second kappa shape index (κ2) is 8.44. The fourth-order valence-electron chi connectivity index (χ4n) is 1.87. The predicted octanol–water partition coefficient (Wildman–Crippen LogP) is 4.85. The Labute approximate surface area is 103 Å². The Morgan fingerprint density at radius 3 is 2.06 bits per heavy atom. The van der Waals surface area contributed by atoms with Crippen LogP contribution in [0.5, 0.6) is 0 Å². The van der Waals surface area contributed by atoms with Crippen molar-refractivity contribution in [2.75, 3.05) is 0 Å². The highest BCUT2D eigenvalue weighted by Crippen LogP contribution is 2.20. The minimum absolute atomic E-state index is 1.15. The fourth-order valence-corrected chi connectivity index (χ4v) is 1.87. The molecule has 0 aliphatic rings. The third-order valence-electron chi connectivity index (χ3n) is 2.76. The molecule has 0 saturated heterocycles. The molecule has 0 aromatic carbocycles. The molecule has 0 aromatic rings. The van der Waals surface area contributed by atoms with Crippen LogP contribution >= 0.6 is 0 Å². The molecule has 0 nitrogen and oxygen atoms in total. The summed E-state index contributed by atoms with van der Waals surface area (Å²) in [6.07, 6.45) is 8.33. The van der Waals surface area contributed by atoms with Crippen LogP contribution in [0.3, 0.4) is 0 Å². The van der Waals surface area contributed by atoms with Crippen molar-refractivity contribution in [3.63, 3.8) is 0 Å². The van der Waals surface area contributed by atoms with Gasteiger partial charge in [0.25, 0.3) is 0 Å². The van der Waals surface area contributed by atoms with Crippen LogP contribution in [0.1, 0.15) is 53.9 Å².